The maximum Gasteiger partial charge on any atom is 0.261 e. The second-order valence-electron chi connectivity index (χ2n) is 8.17. The van der Waals surface area contributed by atoms with Gasteiger partial charge in [0.1, 0.15) is 5.82 Å². The van der Waals surface area contributed by atoms with Crippen molar-refractivity contribution in [2.75, 3.05) is 16.6 Å². The molecule has 6 nitrogen and oxygen atoms in total. The predicted molar refractivity (Wildman–Crippen MR) is 140 cm³/mol. The van der Waals surface area contributed by atoms with Crippen molar-refractivity contribution < 1.29 is 17.6 Å². The lowest BCUT2D eigenvalue weighted by molar-refractivity contribution is 0.102. The topological polar surface area (TPSA) is 87.6 Å². The van der Waals surface area contributed by atoms with E-state index in [0.29, 0.717) is 12.1 Å². The van der Waals surface area contributed by atoms with Crippen molar-refractivity contribution in [2.45, 2.75) is 38.5 Å². The van der Waals surface area contributed by atoms with E-state index < -0.39 is 21.7 Å². The number of hydrogen-bond donors (Lipinski definition) is 2. The maximum absolute atomic E-state index is 14.2. The van der Waals surface area contributed by atoms with E-state index in [1.807, 2.05) is 19.9 Å². The van der Waals surface area contributed by atoms with Crippen LogP contribution in [0, 0.1) is 19.7 Å². The molecule has 0 heterocycles. The van der Waals surface area contributed by atoms with Crippen LogP contribution in [0.15, 0.2) is 64.5 Å². The van der Waals surface area contributed by atoms with Crippen LogP contribution < -0.4 is 10.0 Å². The fourth-order valence-corrected chi connectivity index (χ4v) is 4.96. The zero-order chi connectivity index (χ0) is 25.6. The quantitative estimate of drug-likeness (QED) is 0.256. The third-order valence-corrected chi connectivity index (χ3v) is 6.78. The lowest BCUT2D eigenvalue weighted by atomic mass is 10.1. The van der Waals surface area contributed by atoms with Crippen LogP contribution in [0.4, 0.5) is 15.8 Å². The van der Waals surface area contributed by atoms with Crippen LogP contribution in [0.1, 0.15) is 46.8 Å². The fraction of sp³-hybridized carbons (Fsp3) is 0.231. The molecule has 3 rings (SSSR count). The number of benzene rings is 3. The van der Waals surface area contributed by atoms with Gasteiger partial charge in [0.2, 0.25) is 0 Å². The summed E-state index contributed by atoms with van der Waals surface area (Å²) >= 11 is 6.00. The first-order valence-electron chi connectivity index (χ1n) is 11.1. The normalized spacial score (nSPS) is 11.6. The standard InChI is InChI=1S/C26H27ClFN3O3S/c1-4-5-11-29-16-19-9-10-20(30-26(32)25-22(27)7-6-8-23(25)28)15-24(19)31-35(33,34)21-13-17(2)12-18(3)14-21/h6-10,12-16,31H,4-5,11H2,1-3H3,(H,30,32). The first kappa shape index (κ1) is 26.4. The Bertz CT molecular complexity index is 1330. The molecule has 35 heavy (non-hydrogen) atoms. The summed E-state index contributed by atoms with van der Waals surface area (Å²) in [7, 11) is -3.93. The highest BCUT2D eigenvalue weighted by Crippen LogP contribution is 2.26. The van der Waals surface area contributed by atoms with Crippen LogP contribution in [0.25, 0.3) is 0 Å². The first-order valence-corrected chi connectivity index (χ1v) is 13.0. The molecule has 0 aliphatic heterocycles. The van der Waals surface area contributed by atoms with Crippen LogP contribution in [-0.4, -0.2) is 27.1 Å². The third-order valence-electron chi connectivity index (χ3n) is 5.12. The number of unbranched alkanes of at least 4 members (excludes halogenated alkanes) is 1. The molecule has 0 saturated carbocycles. The van der Waals surface area contributed by atoms with Gasteiger partial charge in [-0.25, -0.2) is 12.8 Å². The number of hydrogen-bond acceptors (Lipinski definition) is 4. The van der Waals surface area contributed by atoms with Crippen molar-refractivity contribution >= 4 is 45.1 Å². The molecule has 3 aromatic carbocycles. The highest BCUT2D eigenvalue weighted by Gasteiger charge is 2.19. The molecule has 0 radical (unpaired) electrons. The number of carbonyl (C=O) groups excluding carboxylic acids is 1. The molecule has 0 aliphatic rings. The molecule has 184 valence electrons. The number of aryl methyl sites for hydroxylation is 2. The Morgan fingerprint density at radius 1 is 1.09 bits per heavy atom. The summed E-state index contributed by atoms with van der Waals surface area (Å²) in [4.78, 5) is 17.2. The van der Waals surface area contributed by atoms with Crippen LogP contribution in [0.3, 0.4) is 0 Å². The lowest BCUT2D eigenvalue weighted by Gasteiger charge is -2.14. The Labute approximate surface area is 210 Å². The summed E-state index contributed by atoms with van der Waals surface area (Å²) < 4.78 is 43.1. The van der Waals surface area contributed by atoms with Crippen LogP contribution in [-0.2, 0) is 10.0 Å². The Morgan fingerprint density at radius 2 is 1.80 bits per heavy atom. The van der Waals surface area contributed by atoms with E-state index in [2.05, 4.69) is 22.0 Å². The van der Waals surface area contributed by atoms with Gasteiger partial charge in [-0.1, -0.05) is 37.1 Å². The minimum atomic E-state index is -3.93. The fourth-order valence-electron chi connectivity index (χ4n) is 3.45. The number of amides is 1. The third kappa shape index (κ3) is 6.90. The van der Waals surface area contributed by atoms with E-state index in [4.69, 9.17) is 11.6 Å². The van der Waals surface area contributed by atoms with Gasteiger partial charge in [-0.2, -0.15) is 0 Å². The van der Waals surface area contributed by atoms with Crippen molar-refractivity contribution in [3.63, 3.8) is 0 Å². The number of rotatable bonds is 9. The molecule has 0 atom stereocenters. The Hall–Kier alpha value is -3.23. The van der Waals surface area contributed by atoms with Gasteiger partial charge in [0.15, 0.2) is 0 Å². The van der Waals surface area contributed by atoms with Gasteiger partial charge >= 0.3 is 0 Å². The number of nitrogens with zero attached hydrogens (tertiary/aromatic N) is 1. The summed E-state index contributed by atoms with van der Waals surface area (Å²) in [6.07, 6.45) is 3.47. The number of sulfonamides is 1. The first-order chi connectivity index (χ1) is 16.6. The summed E-state index contributed by atoms with van der Waals surface area (Å²) in [5, 5.41) is 2.56. The monoisotopic (exact) mass is 515 g/mol. The van der Waals surface area contributed by atoms with Gasteiger partial charge in [-0.05, 0) is 73.9 Å². The minimum absolute atomic E-state index is 0.0297. The molecule has 0 aromatic heterocycles. The molecule has 0 unspecified atom stereocenters. The smallest absolute Gasteiger partial charge is 0.261 e. The van der Waals surface area contributed by atoms with E-state index in [9.17, 15) is 17.6 Å². The van der Waals surface area contributed by atoms with E-state index in [1.54, 1.807) is 30.5 Å². The largest absolute Gasteiger partial charge is 0.322 e. The molecule has 0 aliphatic carbocycles. The molecular weight excluding hydrogens is 489 g/mol. The minimum Gasteiger partial charge on any atom is -0.322 e. The molecule has 0 saturated heterocycles. The number of nitrogens with one attached hydrogen (secondary N) is 2. The molecule has 3 aromatic rings. The van der Waals surface area contributed by atoms with Crippen LogP contribution >= 0.6 is 11.6 Å². The number of aliphatic imine (C=N–C) groups is 1. The van der Waals surface area contributed by atoms with Crippen molar-refractivity contribution in [2.24, 2.45) is 4.99 Å². The molecule has 9 heteroatoms. The van der Waals surface area contributed by atoms with E-state index in [0.717, 1.165) is 30.0 Å². The number of halogens is 2. The maximum atomic E-state index is 14.2. The zero-order valence-corrected chi connectivity index (χ0v) is 21.3. The van der Waals surface area contributed by atoms with Crippen molar-refractivity contribution in [1.29, 1.82) is 0 Å². The van der Waals surface area contributed by atoms with E-state index in [1.165, 1.54) is 18.2 Å². The van der Waals surface area contributed by atoms with Gasteiger partial charge in [0, 0.05) is 24.0 Å². The Balaban J connectivity index is 1.97. The summed E-state index contributed by atoms with van der Waals surface area (Å²) in [5.74, 6) is -1.51. The molecule has 0 fully saturated rings. The van der Waals surface area contributed by atoms with Crippen molar-refractivity contribution in [3.8, 4) is 0 Å². The summed E-state index contributed by atoms with van der Waals surface area (Å²) in [6, 6.07) is 13.7. The average Bonchev–Trinajstić information content (AvgIpc) is 2.77. The van der Waals surface area contributed by atoms with Gasteiger partial charge in [-0.15, -0.1) is 0 Å². The van der Waals surface area contributed by atoms with Crippen molar-refractivity contribution in [3.05, 3.63) is 87.7 Å². The molecule has 1 amide bonds. The highest BCUT2D eigenvalue weighted by atomic mass is 35.5. The van der Waals surface area contributed by atoms with Gasteiger partial charge < -0.3 is 5.32 Å². The second kappa shape index (κ2) is 11.5. The van der Waals surface area contributed by atoms with E-state index in [-0.39, 0.29) is 26.9 Å². The molecular formula is C26H27ClFN3O3S. The van der Waals surface area contributed by atoms with E-state index >= 15 is 0 Å². The van der Waals surface area contributed by atoms with Crippen LogP contribution in [0.5, 0.6) is 0 Å². The Morgan fingerprint density at radius 3 is 2.46 bits per heavy atom. The van der Waals surface area contributed by atoms with Gasteiger partial charge in [-0.3, -0.25) is 14.5 Å². The average molecular weight is 516 g/mol. The SMILES string of the molecule is CCCCN=Cc1ccc(NC(=O)c2c(F)cccc2Cl)cc1NS(=O)(=O)c1cc(C)cc(C)c1. The molecule has 0 bridgehead atoms. The van der Waals surface area contributed by atoms with Crippen molar-refractivity contribution in [1.82, 2.24) is 0 Å². The highest BCUT2D eigenvalue weighted by molar-refractivity contribution is 7.92. The molecule has 0 spiro atoms. The summed E-state index contributed by atoms with van der Waals surface area (Å²) in [6.45, 7) is 6.30. The van der Waals surface area contributed by atoms with Gasteiger partial charge in [0.25, 0.3) is 15.9 Å². The van der Waals surface area contributed by atoms with Gasteiger partial charge in [0.05, 0.1) is 21.2 Å². The Kier molecular flexibility index (Phi) is 8.64. The number of anilines is 2. The lowest BCUT2D eigenvalue weighted by Crippen LogP contribution is -2.17. The van der Waals surface area contributed by atoms with Crippen LogP contribution in [0.2, 0.25) is 5.02 Å². The molecule has 2 N–H and O–H groups in total. The predicted octanol–water partition coefficient (Wildman–Crippen LogP) is 6.37. The zero-order valence-electron chi connectivity index (χ0n) is 19.7. The summed E-state index contributed by atoms with van der Waals surface area (Å²) in [5.41, 5.74) is 2.34. The second-order valence-corrected chi connectivity index (χ2v) is 10.3. The number of carbonyl (C=O) groups is 1.